The molecule has 2 aromatic rings. The molecule has 0 saturated carbocycles. The zero-order valence-corrected chi connectivity index (χ0v) is 13.7. The molecule has 0 aliphatic heterocycles. The van der Waals surface area contributed by atoms with Gasteiger partial charge in [-0.3, -0.25) is 19.2 Å². The van der Waals surface area contributed by atoms with Crippen molar-refractivity contribution in [3.63, 3.8) is 0 Å². The number of hydrogen-bond donors (Lipinski definition) is 3. The van der Waals surface area contributed by atoms with Crippen LogP contribution >= 0.6 is 0 Å². The molecule has 25 heavy (non-hydrogen) atoms. The van der Waals surface area contributed by atoms with Crippen molar-refractivity contribution in [2.75, 3.05) is 19.0 Å². The minimum Gasteiger partial charge on any atom is -0.468 e. The van der Waals surface area contributed by atoms with Gasteiger partial charge in [-0.25, -0.2) is 0 Å². The van der Waals surface area contributed by atoms with Crippen LogP contribution in [-0.2, 0) is 9.53 Å². The molecule has 0 atom stereocenters. The van der Waals surface area contributed by atoms with Gasteiger partial charge in [0.05, 0.1) is 7.11 Å². The summed E-state index contributed by atoms with van der Waals surface area (Å²) in [4.78, 5) is 49.3. The number of ether oxygens (including phenoxy) is 1. The van der Waals surface area contributed by atoms with Crippen LogP contribution in [0.5, 0.6) is 0 Å². The Kier molecular flexibility index (Phi) is 5.67. The molecule has 0 radical (unpaired) electrons. The van der Waals surface area contributed by atoms with Crippen LogP contribution in [0.4, 0.5) is 5.69 Å². The van der Waals surface area contributed by atoms with Crippen molar-refractivity contribution >= 4 is 23.5 Å². The minimum absolute atomic E-state index is 0.00880. The molecule has 1 aromatic carbocycles. The number of carbonyl (C=O) groups is 3. The fourth-order valence-electron chi connectivity index (χ4n) is 1.98. The predicted molar refractivity (Wildman–Crippen MR) is 90.5 cm³/mol. The molecule has 3 N–H and O–H groups in total. The second kappa shape index (κ2) is 7.91. The lowest BCUT2D eigenvalue weighted by Crippen LogP contribution is -2.30. The van der Waals surface area contributed by atoms with E-state index in [2.05, 4.69) is 20.4 Å². The molecule has 0 saturated heterocycles. The van der Waals surface area contributed by atoms with E-state index in [4.69, 9.17) is 0 Å². The second-order valence-corrected chi connectivity index (χ2v) is 5.17. The molecule has 2 amide bonds. The number of aromatic amines is 1. The largest absolute Gasteiger partial charge is 0.468 e. The number of anilines is 1. The molecular weight excluding hydrogens is 326 g/mol. The van der Waals surface area contributed by atoms with Gasteiger partial charge < -0.3 is 20.4 Å². The third kappa shape index (κ3) is 4.77. The van der Waals surface area contributed by atoms with E-state index in [1.54, 1.807) is 13.0 Å². The molecule has 1 heterocycles. The Morgan fingerprint density at radius 2 is 1.72 bits per heavy atom. The Balaban J connectivity index is 2.02. The van der Waals surface area contributed by atoms with Gasteiger partial charge in [0.2, 0.25) is 0 Å². The van der Waals surface area contributed by atoms with Gasteiger partial charge in [-0.1, -0.05) is 0 Å². The van der Waals surface area contributed by atoms with Crippen LogP contribution < -0.4 is 16.2 Å². The van der Waals surface area contributed by atoms with Crippen LogP contribution in [0.15, 0.2) is 41.2 Å². The van der Waals surface area contributed by atoms with Crippen LogP contribution in [0.2, 0.25) is 0 Å². The number of amides is 2. The highest BCUT2D eigenvalue weighted by atomic mass is 16.5. The summed E-state index contributed by atoms with van der Waals surface area (Å²) in [6.45, 7) is 1.48. The summed E-state index contributed by atoms with van der Waals surface area (Å²) in [5.74, 6) is -1.55. The third-order valence-corrected chi connectivity index (χ3v) is 3.33. The molecule has 0 spiro atoms. The zero-order valence-electron chi connectivity index (χ0n) is 13.7. The van der Waals surface area contributed by atoms with Gasteiger partial charge in [-0.05, 0) is 43.3 Å². The number of pyridine rings is 1. The lowest BCUT2D eigenvalue weighted by atomic mass is 10.2. The van der Waals surface area contributed by atoms with Crippen molar-refractivity contribution in [1.29, 1.82) is 0 Å². The molecular formula is C17H17N3O5. The topological polar surface area (TPSA) is 117 Å². The first kappa shape index (κ1) is 17.9. The van der Waals surface area contributed by atoms with Crippen molar-refractivity contribution in [3.05, 3.63) is 63.6 Å². The Bertz CT molecular complexity index is 855. The van der Waals surface area contributed by atoms with E-state index in [-0.39, 0.29) is 12.1 Å². The van der Waals surface area contributed by atoms with Crippen molar-refractivity contribution in [2.24, 2.45) is 0 Å². The number of hydrogen-bond acceptors (Lipinski definition) is 5. The maximum absolute atomic E-state index is 12.1. The highest BCUT2D eigenvalue weighted by Gasteiger charge is 2.12. The molecule has 1 aromatic heterocycles. The molecule has 0 aliphatic carbocycles. The number of H-pyrrole nitrogens is 1. The summed E-state index contributed by atoms with van der Waals surface area (Å²) in [6, 6.07) is 9.09. The lowest BCUT2D eigenvalue weighted by Gasteiger charge is -2.07. The Morgan fingerprint density at radius 3 is 2.32 bits per heavy atom. The van der Waals surface area contributed by atoms with Crippen LogP contribution in [0, 0.1) is 6.92 Å². The summed E-state index contributed by atoms with van der Waals surface area (Å²) in [7, 11) is 1.23. The molecule has 2 rings (SSSR count). The fraction of sp³-hybridized carbons (Fsp3) is 0.176. The summed E-state index contributed by atoms with van der Waals surface area (Å²) in [5, 5.41) is 4.98. The van der Waals surface area contributed by atoms with Gasteiger partial charge in [0.1, 0.15) is 12.1 Å². The second-order valence-electron chi connectivity index (χ2n) is 5.17. The predicted octanol–water partition coefficient (Wildman–Crippen LogP) is 0.838. The lowest BCUT2D eigenvalue weighted by molar-refractivity contribution is -0.139. The van der Waals surface area contributed by atoms with Crippen molar-refractivity contribution < 1.29 is 19.1 Å². The number of esters is 1. The maximum atomic E-state index is 12.1. The van der Waals surface area contributed by atoms with Crippen LogP contribution in [0.25, 0.3) is 0 Å². The smallest absolute Gasteiger partial charge is 0.325 e. The Labute approximate surface area is 143 Å². The average Bonchev–Trinajstić information content (AvgIpc) is 2.59. The summed E-state index contributed by atoms with van der Waals surface area (Å²) >= 11 is 0. The van der Waals surface area contributed by atoms with E-state index in [1.165, 1.54) is 37.4 Å². The normalized spacial score (nSPS) is 10.0. The van der Waals surface area contributed by atoms with Crippen molar-refractivity contribution in [2.45, 2.75) is 6.92 Å². The van der Waals surface area contributed by atoms with Crippen LogP contribution in [0.3, 0.4) is 0 Å². The summed E-state index contributed by atoms with van der Waals surface area (Å²) in [5.41, 5.74) is 0.912. The highest BCUT2D eigenvalue weighted by molar-refractivity contribution is 6.04. The molecule has 130 valence electrons. The molecule has 0 fully saturated rings. The van der Waals surface area contributed by atoms with E-state index in [1.807, 2.05) is 0 Å². The maximum Gasteiger partial charge on any atom is 0.325 e. The number of methoxy groups -OCH3 is 1. The first-order valence-electron chi connectivity index (χ1n) is 7.37. The SMILES string of the molecule is COC(=O)CNC(=O)c1ccc(NC(=O)c2ccc(C)[nH]c2=O)cc1. The van der Waals surface area contributed by atoms with Crippen molar-refractivity contribution in [3.8, 4) is 0 Å². The highest BCUT2D eigenvalue weighted by Crippen LogP contribution is 2.10. The Morgan fingerprint density at radius 1 is 1.04 bits per heavy atom. The first-order chi connectivity index (χ1) is 11.9. The number of aryl methyl sites for hydroxylation is 1. The number of aromatic nitrogens is 1. The Hall–Kier alpha value is -3.42. The van der Waals surface area contributed by atoms with E-state index in [0.717, 1.165) is 0 Å². The van der Waals surface area contributed by atoms with Gasteiger partial charge in [0, 0.05) is 16.9 Å². The zero-order chi connectivity index (χ0) is 18.4. The van der Waals surface area contributed by atoms with Gasteiger partial charge in [-0.2, -0.15) is 0 Å². The van der Waals surface area contributed by atoms with E-state index in [9.17, 15) is 19.2 Å². The number of nitrogens with one attached hydrogen (secondary N) is 3. The summed E-state index contributed by atoms with van der Waals surface area (Å²) < 4.78 is 4.43. The average molecular weight is 343 g/mol. The van der Waals surface area contributed by atoms with Gasteiger partial charge in [0.25, 0.3) is 17.4 Å². The molecule has 8 nitrogen and oxygen atoms in total. The van der Waals surface area contributed by atoms with E-state index in [0.29, 0.717) is 16.9 Å². The molecule has 8 heteroatoms. The standard InChI is InChI=1S/C17H17N3O5/c1-10-3-8-13(16(23)19-10)17(24)20-12-6-4-11(5-7-12)15(22)18-9-14(21)25-2/h3-8H,9H2,1-2H3,(H,18,22)(H,19,23)(H,20,24). The molecule has 0 bridgehead atoms. The number of rotatable bonds is 5. The van der Waals surface area contributed by atoms with Gasteiger partial charge in [0.15, 0.2) is 0 Å². The van der Waals surface area contributed by atoms with Gasteiger partial charge in [-0.15, -0.1) is 0 Å². The number of benzene rings is 1. The first-order valence-corrected chi connectivity index (χ1v) is 7.37. The third-order valence-electron chi connectivity index (χ3n) is 3.33. The molecule has 0 aliphatic rings. The molecule has 0 unspecified atom stereocenters. The summed E-state index contributed by atoms with van der Waals surface area (Å²) in [6.07, 6.45) is 0. The quantitative estimate of drug-likeness (QED) is 0.695. The van der Waals surface area contributed by atoms with Crippen molar-refractivity contribution in [1.82, 2.24) is 10.3 Å². The fourth-order valence-corrected chi connectivity index (χ4v) is 1.98. The monoisotopic (exact) mass is 343 g/mol. The van der Waals surface area contributed by atoms with E-state index >= 15 is 0 Å². The van der Waals surface area contributed by atoms with Gasteiger partial charge >= 0.3 is 5.97 Å². The van der Waals surface area contributed by atoms with Crippen LogP contribution in [0.1, 0.15) is 26.4 Å². The van der Waals surface area contributed by atoms with Crippen LogP contribution in [-0.4, -0.2) is 36.4 Å². The number of carbonyl (C=O) groups excluding carboxylic acids is 3. The minimum atomic E-state index is -0.555. The van der Waals surface area contributed by atoms with E-state index < -0.39 is 23.3 Å².